The lowest BCUT2D eigenvalue weighted by molar-refractivity contribution is 0.139. The van der Waals surface area contributed by atoms with Crippen LogP contribution in [0.1, 0.15) is 58.1 Å². The molecule has 2 N–H and O–H groups in total. The van der Waals surface area contributed by atoms with E-state index in [-0.39, 0.29) is 6.04 Å². The van der Waals surface area contributed by atoms with E-state index in [0.717, 1.165) is 22.3 Å². The van der Waals surface area contributed by atoms with Crippen molar-refractivity contribution < 1.29 is 4.74 Å². The largest absolute Gasteiger partial charge is 0.496 e. The number of nitrogens with two attached hydrogens (primary N) is 1. The topological polar surface area (TPSA) is 35.2 Å². The van der Waals surface area contributed by atoms with Crippen LogP contribution in [0.3, 0.4) is 0 Å². The van der Waals surface area contributed by atoms with Crippen molar-refractivity contribution in [2.75, 3.05) is 7.11 Å². The molecule has 21 heavy (non-hydrogen) atoms. The van der Waals surface area contributed by atoms with Crippen LogP contribution in [-0.2, 0) is 0 Å². The highest BCUT2D eigenvalue weighted by atomic mass is 35.5. The van der Waals surface area contributed by atoms with Crippen molar-refractivity contribution in [3.05, 3.63) is 28.8 Å². The Hall–Kier alpha value is -0.730. The minimum absolute atomic E-state index is 0.0135. The average Bonchev–Trinajstić information content (AvgIpc) is 2.45. The second kappa shape index (κ2) is 6.58. The molecule has 1 aromatic carbocycles. The molecule has 0 spiro atoms. The lowest BCUT2D eigenvalue weighted by Crippen LogP contribution is -2.30. The molecule has 0 heterocycles. The predicted molar refractivity (Wildman–Crippen MR) is 89.8 cm³/mol. The van der Waals surface area contributed by atoms with Crippen molar-refractivity contribution in [1.82, 2.24) is 0 Å². The molecule has 1 saturated carbocycles. The van der Waals surface area contributed by atoms with Crippen LogP contribution in [0, 0.1) is 17.3 Å². The van der Waals surface area contributed by atoms with E-state index in [0.29, 0.717) is 11.3 Å². The quantitative estimate of drug-likeness (QED) is 0.832. The summed E-state index contributed by atoms with van der Waals surface area (Å²) < 4.78 is 5.45. The molecule has 1 atom stereocenters. The van der Waals surface area contributed by atoms with Gasteiger partial charge in [-0.25, -0.2) is 0 Å². The summed E-state index contributed by atoms with van der Waals surface area (Å²) in [6, 6.07) is 5.74. The van der Waals surface area contributed by atoms with Crippen molar-refractivity contribution >= 4 is 11.6 Å². The molecule has 0 aromatic heterocycles. The molecule has 1 aliphatic rings. The van der Waals surface area contributed by atoms with Crippen molar-refractivity contribution in [2.24, 2.45) is 23.0 Å². The summed E-state index contributed by atoms with van der Waals surface area (Å²) in [5, 5.41) is 0.727. The maximum Gasteiger partial charge on any atom is 0.123 e. The Morgan fingerprint density at radius 2 is 1.81 bits per heavy atom. The van der Waals surface area contributed by atoms with E-state index in [2.05, 4.69) is 20.8 Å². The normalized spacial score (nSPS) is 24.7. The van der Waals surface area contributed by atoms with Gasteiger partial charge in [-0.3, -0.25) is 0 Å². The fraction of sp³-hybridized carbons (Fsp3) is 0.667. The maximum absolute atomic E-state index is 6.53. The summed E-state index contributed by atoms with van der Waals surface area (Å²) in [6.07, 6.45) is 4.92. The molecular formula is C18H28ClNO. The minimum Gasteiger partial charge on any atom is -0.496 e. The second-order valence-electron chi connectivity index (χ2n) is 7.39. The maximum atomic E-state index is 6.53. The Morgan fingerprint density at radius 1 is 1.19 bits per heavy atom. The summed E-state index contributed by atoms with van der Waals surface area (Å²) in [4.78, 5) is 0. The summed E-state index contributed by atoms with van der Waals surface area (Å²) in [6.45, 7) is 7.04. The van der Waals surface area contributed by atoms with Gasteiger partial charge in [0.05, 0.1) is 7.11 Å². The van der Waals surface area contributed by atoms with Crippen molar-refractivity contribution in [2.45, 2.75) is 52.5 Å². The summed E-state index contributed by atoms with van der Waals surface area (Å²) in [5.74, 6) is 2.18. The van der Waals surface area contributed by atoms with Gasteiger partial charge < -0.3 is 10.5 Å². The van der Waals surface area contributed by atoms with Gasteiger partial charge in [-0.1, -0.05) is 32.4 Å². The van der Waals surface area contributed by atoms with E-state index in [4.69, 9.17) is 22.1 Å². The van der Waals surface area contributed by atoms with Gasteiger partial charge in [-0.05, 0) is 61.1 Å². The van der Waals surface area contributed by atoms with Gasteiger partial charge in [0.2, 0.25) is 0 Å². The van der Waals surface area contributed by atoms with Gasteiger partial charge in [0.15, 0.2) is 0 Å². The number of rotatable bonds is 3. The monoisotopic (exact) mass is 309 g/mol. The molecule has 1 aromatic rings. The fourth-order valence-electron chi connectivity index (χ4n) is 3.56. The fourth-order valence-corrected chi connectivity index (χ4v) is 3.74. The third-order valence-corrected chi connectivity index (χ3v) is 5.29. The third-order valence-electron chi connectivity index (χ3n) is 5.06. The number of hydrogen-bond donors (Lipinski definition) is 1. The Balaban J connectivity index is 2.08. The first-order valence-corrected chi connectivity index (χ1v) is 8.29. The Morgan fingerprint density at radius 3 is 2.33 bits per heavy atom. The van der Waals surface area contributed by atoms with Gasteiger partial charge in [-0.2, -0.15) is 0 Å². The number of hydrogen-bond acceptors (Lipinski definition) is 2. The summed E-state index contributed by atoms with van der Waals surface area (Å²) in [7, 11) is 1.69. The molecule has 1 aliphatic carbocycles. The molecule has 1 fully saturated rings. The molecule has 0 amide bonds. The van der Waals surface area contributed by atoms with E-state index in [9.17, 15) is 0 Å². The van der Waals surface area contributed by atoms with Crippen molar-refractivity contribution in [3.8, 4) is 5.75 Å². The molecule has 0 radical (unpaired) electrons. The highest BCUT2D eigenvalue weighted by molar-refractivity contribution is 6.30. The number of benzene rings is 1. The van der Waals surface area contributed by atoms with Crippen LogP contribution >= 0.6 is 11.6 Å². The van der Waals surface area contributed by atoms with Crippen LogP contribution in [0.5, 0.6) is 5.75 Å². The van der Waals surface area contributed by atoms with Crippen LogP contribution in [0.2, 0.25) is 5.02 Å². The van der Waals surface area contributed by atoms with Crippen LogP contribution in [0.4, 0.5) is 0 Å². The lowest BCUT2D eigenvalue weighted by Gasteiger charge is -2.39. The average molecular weight is 310 g/mol. The van der Waals surface area contributed by atoms with E-state index < -0.39 is 0 Å². The molecule has 0 saturated heterocycles. The minimum atomic E-state index is 0.0135. The van der Waals surface area contributed by atoms with Gasteiger partial charge in [0, 0.05) is 16.6 Å². The van der Waals surface area contributed by atoms with Crippen LogP contribution in [0.25, 0.3) is 0 Å². The molecule has 3 heteroatoms. The first kappa shape index (κ1) is 16.6. The van der Waals surface area contributed by atoms with Gasteiger partial charge in [-0.15, -0.1) is 0 Å². The van der Waals surface area contributed by atoms with Crippen LogP contribution < -0.4 is 10.5 Å². The molecular weight excluding hydrogens is 282 g/mol. The van der Waals surface area contributed by atoms with Gasteiger partial charge in [0.1, 0.15) is 5.75 Å². The third kappa shape index (κ3) is 3.92. The number of ether oxygens (including phenoxy) is 1. The number of methoxy groups -OCH3 is 1. The zero-order valence-electron chi connectivity index (χ0n) is 13.7. The highest BCUT2D eigenvalue weighted by Crippen LogP contribution is 2.44. The Kier molecular flexibility index (Phi) is 5.21. The van der Waals surface area contributed by atoms with Crippen molar-refractivity contribution in [3.63, 3.8) is 0 Å². The predicted octanol–water partition coefficient (Wildman–Crippen LogP) is 5.20. The molecule has 2 rings (SSSR count). The lowest BCUT2D eigenvalue weighted by atomic mass is 9.68. The smallest absolute Gasteiger partial charge is 0.123 e. The SMILES string of the molecule is COc1ccc(Cl)cc1C(N)C1CCC(C(C)(C)C)CC1. The van der Waals surface area contributed by atoms with E-state index in [1.54, 1.807) is 7.11 Å². The Labute approximate surface area is 134 Å². The van der Waals surface area contributed by atoms with Crippen LogP contribution in [0.15, 0.2) is 18.2 Å². The zero-order valence-corrected chi connectivity index (χ0v) is 14.4. The molecule has 1 unspecified atom stereocenters. The number of halogens is 1. The van der Waals surface area contributed by atoms with E-state index in [1.807, 2.05) is 18.2 Å². The van der Waals surface area contributed by atoms with Crippen LogP contribution in [-0.4, -0.2) is 7.11 Å². The molecule has 118 valence electrons. The Bertz CT molecular complexity index is 473. The van der Waals surface area contributed by atoms with E-state index >= 15 is 0 Å². The summed E-state index contributed by atoms with van der Waals surface area (Å²) in [5.41, 5.74) is 7.98. The van der Waals surface area contributed by atoms with Gasteiger partial charge in [0.25, 0.3) is 0 Å². The molecule has 2 nitrogen and oxygen atoms in total. The summed E-state index contributed by atoms with van der Waals surface area (Å²) >= 11 is 6.13. The molecule has 0 aliphatic heterocycles. The van der Waals surface area contributed by atoms with Gasteiger partial charge >= 0.3 is 0 Å². The standard InChI is InChI=1S/C18H28ClNO/c1-18(2,3)13-7-5-12(6-8-13)17(20)15-11-14(19)9-10-16(15)21-4/h9-13,17H,5-8,20H2,1-4H3. The first-order valence-electron chi connectivity index (χ1n) is 7.92. The zero-order chi connectivity index (χ0) is 15.6. The van der Waals surface area contributed by atoms with Crippen molar-refractivity contribution in [1.29, 1.82) is 0 Å². The first-order chi connectivity index (χ1) is 9.82. The second-order valence-corrected chi connectivity index (χ2v) is 7.83. The molecule has 0 bridgehead atoms. The van der Waals surface area contributed by atoms with E-state index in [1.165, 1.54) is 25.7 Å². The highest BCUT2D eigenvalue weighted by Gasteiger charge is 2.32.